The molecule has 1 N–H and O–H groups in total. The first-order valence-corrected chi connectivity index (χ1v) is 8.27. The molecule has 0 fully saturated rings. The van der Waals surface area contributed by atoms with Crippen molar-refractivity contribution in [2.24, 2.45) is 0 Å². The second-order valence-electron chi connectivity index (χ2n) is 4.83. The SMILES string of the molecule is CCc1cccc(NS(=O)(=O)c2ccc([N+](=O)[O-])cc2[N+](=O)[O-])c1. The van der Waals surface area contributed by atoms with Gasteiger partial charge < -0.3 is 0 Å². The number of hydrogen-bond donors (Lipinski definition) is 1. The van der Waals surface area contributed by atoms with Crippen molar-refractivity contribution in [3.63, 3.8) is 0 Å². The molecule has 0 saturated carbocycles. The van der Waals surface area contributed by atoms with Crippen LogP contribution < -0.4 is 4.72 Å². The number of anilines is 1. The zero-order chi connectivity index (χ0) is 17.9. The third-order valence-electron chi connectivity index (χ3n) is 3.23. The average Bonchev–Trinajstić information content (AvgIpc) is 2.53. The van der Waals surface area contributed by atoms with E-state index in [0.29, 0.717) is 12.5 Å². The summed E-state index contributed by atoms with van der Waals surface area (Å²) in [6.07, 6.45) is 0.688. The van der Waals surface area contributed by atoms with Crippen LogP contribution in [0.15, 0.2) is 47.4 Å². The second-order valence-corrected chi connectivity index (χ2v) is 6.48. The normalized spacial score (nSPS) is 11.0. The van der Waals surface area contributed by atoms with Crippen LogP contribution in [0, 0.1) is 20.2 Å². The number of rotatable bonds is 6. The predicted octanol–water partition coefficient (Wildman–Crippen LogP) is 2.87. The van der Waals surface area contributed by atoms with Crippen LogP contribution in [-0.2, 0) is 16.4 Å². The van der Waals surface area contributed by atoms with E-state index >= 15 is 0 Å². The second kappa shape index (κ2) is 6.62. The summed E-state index contributed by atoms with van der Waals surface area (Å²) >= 11 is 0. The lowest BCUT2D eigenvalue weighted by atomic mass is 10.1. The number of nitro groups is 2. The summed E-state index contributed by atoms with van der Waals surface area (Å²) in [4.78, 5) is 19.4. The molecule has 10 heteroatoms. The van der Waals surface area contributed by atoms with Crippen LogP contribution in [0.5, 0.6) is 0 Å². The first-order valence-electron chi connectivity index (χ1n) is 6.79. The van der Waals surface area contributed by atoms with Gasteiger partial charge in [0.2, 0.25) is 0 Å². The molecule has 0 aromatic heterocycles. The Hall–Kier alpha value is -3.01. The molecule has 126 valence electrons. The van der Waals surface area contributed by atoms with Crippen LogP contribution >= 0.6 is 0 Å². The highest BCUT2D eigenvalue weighted by atomic mass is 32.2. The van der Waals surface area contributed by atoms with Gasteiger partial charge in [-0.1, -0.05) is 19.1 Å². The van der Waals surface area contributed by atoms with E-state index in [1.54, 1.807) is 12.1 Å². The number of non-ortho nitro benzene ring substituents is 1. The topological polar surface area (TPSA) is 132 Å². The Kier molecular flexibility index (Phi) is 4.79. The lowest BCUT2D eigenvalue weighted by molar-refractivity contribution is -0.396. The Bertz CT molecular complexity index is 910. The van der Waals surface area contributed by atoms with Crippen molar-refractivity contribution < 1.29 is 18.3 Å². The highest BCUT2D eigenvalue weighted by molar-refractivity contribution is 7.92. The van der Waals surface area contributed by atoms with Crippen molar-refractivity contribution >= 4 is 27.1 Å². The first kappa shape index (κ1) is 17.3. The van der Waals surface area contributed by atoms with Crippen molar-refractivity contribution in [1.29, 1.82) is 0 Å². The van der Waals surface area contributed by atoms with Gasteiger partial charge in [-0.15, -0.1) is 0 Å². The maximum Gasteiger partial charge on any atom is 0.296 e. The maximum atomic E-state index is 12.4. The molecule has 0 atom stereocenters. The Balaban J connectivity index is 2.48. The fraction of sp³-hybridized carbons (Fsp3) is 0.143. The van der Waals surface area contributed by atoms with Gasteiger partial charge in [0.1, 0.15) is 0 Å². The van der Waals surface area contributed by atoms with Gasteiger partial charge in [0, 0.05) is 11.8 Å². The molecule has 2 aromatic carbocycles. The molecule has 0 heterocycles. The van der Waals surface area contributed by atoms with E-state index in [-0.39, 0.29) is 5.69 Å². The summed E-state index contributed by atoms with van der Waals surface area (Å²) in [5, 5.41) is 21.8. The van der Waals surface area contributed by atoms with E-state index in [1.165, 1.54) is 6.07 Å². The molecule has 0 aliphatic rings. The van der Waals surface area contributed by atoms with E-state index in [1.807, 2.05) is 13.0 Å². The minimum Gasteiger partial charge on any atom is -0.279 e. The first-order chi connectivity index (χ1) is 11.2. The van der Waals surface area contributed by atoms with Crippen molar-refractivity contribution in [1.82, 2.24) is 0 Å². The summed E-state index contributed by atoms with van der Waals surface area (Å²) in [5.41, 5.74) is -0.285. The smallest absolute Gasteiger partial charge is 0.279 e. The predicted molar refractivity (Wildman–Crippen MR) is 86.4 cm³/mol. The number of benzene rings is 2. The fourth-order valence-corrected chi connectivity index (χ4v) is 3.26. The molecule has 2 aromatic rings. The Morgan fingerprint density at radius 2 is 1.75 bits per heavy atom. The molecule has 24 heavy (non-hydrogen) atoms. The molecule has 0 aliphatic carbocycles. The molecule has 9 nitrogen and oxygen atoms in total. The quantitative estimate of drug-likeness (QED) is 0.628. The fourth-order valence-electron chi connectivity index (χ4n) is 2.05. The van der Waals surface area contributed by atoms with Crippen LogP contribution in [0.2, 0.25) is 0 Å². The Morgan fingerprint density at radius 3 is 2.33 bits per heavy atom. The number of nitrogens with one attached hydrogen (secondary N) is 1. The van der Waals surface area contributed by atoms with Crippen molar-refractivity contribution in [2.75, 3.05) is 4.72 Å². The van der Waals surface area contributed by atoms with Crippen molar-refractivity contribution in [3.05, 3.63) is 68.3 Å². The van der Waals surface area contributed by atoms with Crippen LogP contribution in [0.1, 0.15) is 12.5 Å². The zero-order valence-electron chi connectivity index (χ0n) is 12.5. The summed E-state index contributed by atoms with van der Waals surface area (Å²) in [7, 11) is -4.27. The van der Waals surface area contributed by atoms with E-state index < -0.39 is 36.1 Å². The van der Waals surface area contributed by atoms with Crippen LogP contribution in [0.4, 0.5) is 17.1 Å². The van der Waals surface area contributed by atoms with Gasteiger partial charge in [-0.25, -0.2) is 8.42 Å². The summed E-state index contributed by atoms with van der Waals surface area (Å²) < 4.78 is 27.1. The summed E-state index contributed by atoms with van der Waals surface area (Å²) in [5.74, 6) is 0. The zero-order valence-corrected chi connectivity index (χ0v) is 13.3. The van der Waals surface area contributed by atoms with E-state index in [0.717, 1.165) is 17.7 Å². The highest BCUT2D eigenvalue weighted by Gasteiger charge is 2.28. The van der Waals surface area contributed by atoms with Gasteiger partial charge in [-0.2, -0.15) is 0 Å². The molecular weight excluding hydrogens is 338 g/mol. The standard InChI is InChI=1S/C14H13N3O6S/c1-2-10-4-3-5-11(8-10)15-24(22,23)14-7-6-12(16(18)19)9-13(14)17(20)21/h3-9,15H,2H2,1H3. The van der Waals surface area contributed by atoms with Gasteiger partial charge in [0.15, 0.2) is 4.90 Å². The third kappa shape index (κ3) is 3.66. The van der Waals surface area contributed by atoms with Crippen LogP contribution in [0.25, 0.3) is 0 Å². The molecule has 0 bridgehead atoms. The monoisotopic (exact) mass is 351 g/mol. The molecule has 0 amide bonds. The number of hydrogen-bond acceptors (Lipinski definition) is 6. The maximum absolute atomic E-state index is 12.4. The van der Waals surface area contributed by atoms with Crippen molar-refractivity contribution in [3.8, 4) is 0 Å². The van der Waals surface area contributed by atoms with Crippen molar-refractivity contribution in [2.45, 2.75) is 18.2 Å². The van der Waals surface area contributed by atoms with Gasteiger partial charge in [0.05, 0.1) is 15.9 Å². The Morgan fingerprint density at radius 1 is 1.04 bits per heavy atom. The molecule has 0 aliphatic heterocycles. The number of nitro benzene ring substituents is 2. The van der Waals surface area contributed by atoms with Gasteiger partial charge in [-0.05, 0) is 30.2 Å². The van der Waals surface area contributed by atoms with Crippen LogP contribution in [0.3, 0.4) is 0 Å². The van der Waals surface area contributed by atoms with E-state index in [9.17, 15) is 28.6 Å². The van der Waals surface area contributed by atoms with Gasteiger partial charge in [0.25, 0.3) is 21.4 Å². The molecule has 0 radical (unpaired) electrons. The molecule has 0 unspecified atom stereocenters. The largest absolute Gasteiger partial charge is 0.296 e. The lowest BCUT2D eigenvalue weighted by Crippen LogP contribution is -2.15. The minimum atomic E-state index is -4.27. The minimum absolute atomic E-state index is 0.252. The lowest BCUT2D eigenvalue weighted by Gasteiger charge is -2.09. The summed E-state index contributed by atoms with van der Waals surface area (Å²) in [6, 6.07) is 8.96. The van der Waals surface area contributed by atoms with E-state index in [4.69, 9.17) is 0 Å². The molecule has 0 saturated heterocycles. The van der Waals surface area contributed by atoms with Gasteiger partial charge >= 0.3 is 0 Å². The summed E-state index contributed by atoms with van der Waals surface area (Å²) in [6.45, 7) is 1.90. The third-order valence-corrected chi connectivity index (χ3v) is 4.66. The molecule has 0 spiro atoms. The number of aryl methyl sites for hydroxylation is 1. The van der Waals surface area contributed by atoms with Gasteiger partial charge in [-0.3, -0.25) is 25.0 Å². The Labute approximate surface area is 137 Å². The average molecular weight is 351 g/mol. The number of sulfonamides is 1. The van der Waals surface area contributed by atoms with E-state index in [2.05, 4.69) is 4.72 Å². The highest BCUT2D eigenvalue weighted by Crippen LogP contribution is 2.29. The number of nitrogens with zero attached hydrogens (tertiary/aromatic N) is 2. The molecular formula is C14H13N3O6S. The van der Waals surface area contributed by atoms with Crippen LogP contribution in [-0.4, -0.2) is 18.3 Å². The molecule has 2 rings (SSSR count).